The van der Waals surface area contributed by atoms with Crippen LogP contribution in [-0.4, -0.2) is 22.1 Å². The molecule has 2 rings (SSSR count). The summed E-state index contributed by atoms with van der Waals surface area (Å²) in [5.41, 5.74) is 3.81. The molecule has 2 aliphatic carbocycles. The van der Waals surface area contributed by atoms with Crippen molar-refractivity contribution < 1.29 is 9.59 Å². The highest BCUT2D eigenvalue weighted by atomic mass is 32.1. The highest BCUT2D eigenvalue weighted by Crippen LogP contribution is 2.47. The summed E-state index contributed by atoms with van der Waals surface area (Å²) >= 11 is 9.32. The lowest BCUT2D eigenvalue weighted by atomic mass is 9.65. The summed E-state index contributed by atoms with van der Waals surface area (Å²) in [6, 6.07) is 0. The monoisotopic (exact) mass is 450 g/mol. The third kappa shape index (κ3) is 5.85. The molecule has 4 atom stereocenters. The summed E-state index contributed by atoms with van der Waals surface area (Å²) in [5.74, 6) is 0.209. The molecule has 0 N–H and O–H groups in total. The highest BCUT2D eigenvalue weighted by Gasteiger charge is 2.41. The van der Waals surface area contributed by atoms with E-state index in [2.05, 4.69) is 60.2 Å². The van der Waals surface area contributed by atoms with Crippen molar-refractivity contribution in [2.24, 2.45) is 22.7 Å². The van der Waals surface area contributed by atoms with E-state index in [9.17, 15) is 9.59 Å². The van der Waals surface area contributed by atoms with E-state index in [1.54, 1.807) is 0 Å². The van der Waals surface area contributed by atoms with Crippen molar-refractivity contribution in [3.05, 3.63) is 22.8 Å². The SMILES string of the molecule is CC1=CCCC(C)(C)C1C(=O)CC(S)CC(C(=O)C(C)S)C1=C(C)CCCC1(C)C. The van der Waals surface area contributed by atoms with E-state index in [-0.39, 0.29) is 44.7 Å². The minimum Gasteiger partial charge on any atom is -0.299 e. The number of thiol groups is 2. The topological polar surface area (TPSA) is 34.1 Å². The molecule has 4 unspecified atom stereocenters. The van der Waals surface area contributed by atoms with Gasteiger partial charge in [-0.2, -0.15) is 25.3 Å². The fourth-order valence-corrected chi connectivity index (χ4v) is 6.60. The van der Waals surface area contributed by atoms with Crippen LogP contribution in [0.3, 0.4) is 0 Å². The Balaban J connectivity index is 2.24. The van der Waals surface area contributed by atoms with Crippen LogP contribution in [0.25, 0.3) is 0 Å². The molecule has 30 heavy (non-hydrogen) atoms. The molecule has 0 aliphatic heterocycles. The van der Waals surface area contributed by atoms with Crippen molar-refractivity contribution in [3.8, 4) is 0 Å². The Morgan fingerprint density at radius 3 is 2.30 bits per heavy atom. The molecule has 0 heterocycles. The van der Waals surface area contributed by atoms with E-state index >= 15 is 0 Å². The van der Waals surface area contributed by atoms with E-state index in [4.69, 9.17) is 12.6 Å². The summed E-state index contributed by atoms with van der Waals surface area (Å²) < 4.78 is 0. The smallest absolute Gasteiger partial charge is 0.152 e. The van der Waals surface area contributed by atoms with E-state index < -0.39 is 0 Å². The lowest BCUT2D eigenvalue weighted by Crippen LogP contribution is -2.37. The van der Waals surface area contributed by atoms with Crippen molar-refractivity contribution in [2.75, 3.05) is 0 Å². The van der Waals surface area contributed by atoms with Gasteiger partial charge in [-0.05, 0) is 70.1 Å². The summed E-state index contributed by atoms with van der Waals surface area (Å²) in [7, 11) is 0. The minimum absolute atomic E-state index is 0.00746. The first kappa shape index (κ1) is 25.8. The Bertz CT molecular complexity index is 727. The van der Waals surface area contributed by atoms with Gasteiger partial charge in [-0.25, -0.2) is 0 Å². The van der Waals surface area contributed by atoms with E-state index in [0.717, 1.165) is 25.7 Å². The first-order valence-corrected chi connectivity index (χ1v) is 12.6. The average molecular weight is 451 g/mol. The molecule has 0 aromatic heterocycles. The van der Waals surface area contributed by atoms with Crippen molar-refractivity contribution in [1.29, 1.82) is 0 Å². The maximum absolute atomic E-state index is 13.3. The summed E-state index contributed by atoms with van der Waals surface area (Å²) in [6.45, 7) is 15.0. The molecule has 0 aromatic rings. The van der Waals surface area contributed by atoms with Gasteiger partial charge in [-0.15, -0.1) is 0 Å². The first-order chi connectivity index (χ1) is 13.8. The van der Waals surface area contributed by atoms with Crippen LogP contribution in [0.2, 0.25) is 0 Å². The van der Waals surface area contributed by atoms with Gasteiger partial charge in [0.15, 0.2) is 5.78 Å². The molecule has 0 saturated carbocycles. The number of hydrogen-bond donors (Lipinski definition) is 2. The van der Waals surface area contributed by atoms with Gasteiger partial charge in [0, 0.05) is 23.5 Å². The fraction of sp³-hybridized carbons (Fsp3) is 0.769. The zero-order valence-electron chi connectivity index (χ0n) is 20.0. The fourth-order valence-electron chi connectivity index (χ4n) is 6.02. The Kier molecular flexibility index (Phi) is 8.58. The maximum atomic E-state index is 13.3. The minimum atomic E-state index is -0.313. The van der Waals surface area contributed by atoms with E-state index in [0.29, 0.717) is 12.8 Å². The van der Waals surface area contributed by atoms with Gasteiger partial charge in [0.2, 0.25) is 0 Å². The zero-order valence-corrected chi connectivity index (χ0v) is 21.8. The summed E-state index contributed by atoms with van der Waals surface area (Å²) in [4.78, 5) is 26.5. The standard InChI is InChI=1S/C26H42O2S2/c1-16-10-8-12-25(4,5)22(16)20(24(28)18(3)29)14-19(30)15-21(27)23-17(2)11-9-13-26(23,6)7/h11,18-20,23,29-30H,8-10,12-15H2,1-7H3. The lowest BCUT2D eigenvalue weighted by molar-refractivity contribution is -0.126. The average Bonchev–Trinajstić information content (AvgIpc) is 2.58. The number of carbonyl (C=O) groups is 2. The zero-order chi connectivity index (χ0) is 22.9. The molecule has 2 aliphatic rings. The lowest BCUT2D eigenvalue weighted by Gasteiger charge is -2.40. The molecule has 0 fully saturated rings. The van der Waals surface area contributed by atoms with Gasteiger partial charge >= 0.3 is 0 Å². The normalized spacial score (nSPS) is 26.6. The molecule has 4 heteroatoms. The molecule has 0 radical (unpaired) electrons. The Hall–Kier alpha value is -0.480. The van der Waals surface area contributed by atoms with Gasteiger partial charge in [-0.3, -0.25) is 9.59 Å². The second-order valence-corrected chi connectivity index (χ2v) is 12.5. The van der Waals surface area contributed by atoms with Crippen LogP contribution in [0, 0.1) is 22.7 Å². The van der Waals surface area contributed by atoms with Crippen molar-refractivity contribution >= 4 is 36.8 Å². The van der Waals surface area contributed by atoms with E-state index in [1.165, 1.54) is 23.1 Å². The third-order valence-electron chi connectivity index (χ3n) is 7.40. The molecule has 0 bridgehead atoms. The van der Waals surface area contributed by atoms with Crippen LogP contribution in [0.15, 0.2) is 22.8 Å². The van der Waals surface area contributed by atoms with Crippen LogP contribution in [0.5, 0.6) is 0 Å². The molecule has 2 nitrogen and oxygen atoms in total. The van der Waals surface area contributed by atoms with Crippen LogP contribution in [0.4, 0.5) is 0 Å². The van der Waals surface area contributed by atoms with Crippen molar-refractivity contribution in [2.45, 2.75) is 104 Å². The molecular weight excluding hydrogens is 408 g/mol. The van der Waals surface area contributed by atoms with Crippen molar-refractivity contribution in [1.82, 2.24) is 0 Å². The third-order valence-corrected chi connectivity index (χ3v) is 8.05. The van der Waals surface area contributed by atoms with Gasteiger partial charge < -0.3 is 0 Å². The van der Waals surface area contributed by atoms with Crippen molar-refractivity contribution in [3.63, 3.8) is 0 Å². The molecular formula is C26H42O2S2. The van der Waals surface area contributed by atoms with Crippen LogP contribution in [0.1, 0.15) is 93.4 Å². The molecule has 0 amide bonds. The predicted molar refractivity (Wildman–Crippen MR) is 135 cm³/mol. The quantitative estimate of drug-likeness (QED) is 0.307. The Morgan fingerprint density at radius 2 is 1.77 bits per heavy atom. The van der Waals surface area contributed by atoms with Gasteiger partial charge in [0.1, 0.15) is 5.78 Å². The predicted octanol–water partition coefficient (Wildman–Crippen LogP) is 7.05. The summed E-state index contributed by atoms with van der Waals surface area (Å²) in [5, 5.41) is -0.436. The molecule has 0 aromatic carbocycles. The number of Topliss-reactive ketones (excluding diaryl/α,β-unsaturated/α-hetero) is 2. The second-order valence-electron chi connectivity index (χ2n) is 11.0. The summed E-state index contributed by atoms with van der Waals surface area (Å²) in [6.07, 6.45) is 8.66. The molecule has 0 saturated heterocycles. The van der Waals surface area contributed by atoms with Crippen LogP contribution >= 0.6 is 25.3 Å². The largest absolute Gasteiger partial charge is 0.299 e. The Labute approximate surface area is 195 Å². The molecule has 170 valence electrons. The Morgan fingerprint density at radius 1 is 1.13 bits per heavy atom. The molecule has 0 spiro atoms. The number of carbonyl (C=O) groups excluding carboxylic acids is 2. The number of allylic oxidation sites excluding steroid dienone is 4. The van der Waals surface area contributed by atoms with E-state index in [1.807, 2.05) is 6.92 Å². The van der Waals surface area contributed by atoms with Gasteiger partial charge in [0.25, 0.3) is 0 Å². The number of hydrogen-bond acceptors (Lipinski definition) is 4. The first-order valence-electron chi connectivity index (χ1n) is 11.6. The van der Waals surface area contributed by atoms with Crippen LogP contribution in [-0.2, 0) is 9.59 Å². The number of ketones is 2. The van der Waals surface area contributed by atoms with Gasteiger partial charge in [-0.1, -0.05) is 50.5 Å². The van der Waals surface area contributed by atoms with Gasteiger partial charge in [0.05, 0.1) is 5.25 Å². The maximum Gasteiger partial charge on any atom is 0.152 e. The highest BCUT2D eigenvalue weighted by molar-refractivity contribution is 7.81. The van der Waals surface area contributed by atoms with Crippen LogP contribution < -0.4 is 0 Å². The number of rotatable bonds is 8. The second kappa shape index (κ2) is 9.98.